The molecule has 0 unspecified atom stereocenters. The minimum Gasteiger partial charge on any atom is -0.469 e. The Morgan fingerprint density at radius 1 is 1.52 bits per heavy atom. The van der Waals surface area contributed by atoms with Crippen molar-refractivity contribution >= 4 is 51.9 Å². The highest BCUT2D eigenvalue weighted by molar-refractivity contribution is 7.13. The Bertz CT molecular complexity index is 673. The normalized spacial score (nSPS) is 10.8. The number of rotatable bonds is 5. The van der Waals surface area contributed by atoms with Crippen molar-refractivity contribution in [3.8, 4) is 0 Å². The highest BCUT2D eigenvalue weighted by Gasteiger charge is 2.07. The zero-order valence-electron chi connectivity index (χ0n) is 11.0. The fourth-order valence-electron chi connectivity index (χ4n) is 1.42. The quantitative estimate of drug-likeness (QED) is 0.511. The van der Waals surface area contributed by atoms with Crippen LogP contribution < -0.4 is 5.43 Å². The van der Waals surface area contributed by atoms with Gasteiger partial charge in [-0.25, -0.2) is 4.98 Å². The molecule has 0 bridgehead atoms. The van der Waals surface area contributed by atoms with Crippen LogP contribution in [0.3, 0.4) is 0 Å². The number of anilines is 1. The molecule has 0 saturated heterocycles. The third-order valence-corrected chi connectivity index (χ3v) is 3.79. The van der Waals surface area contributed by atoms with Crippen molar-refractivity contribution in [2.24, 2.45) is 5.10 Å². The molecule has 0 saturated carbocycles. The molecule has 0 amide bonds. The number of ether oxygens (including phenoxy) is 1. The summed E-state index contributed by atoms with van der Waals surface area (Å²) >= 11 is 13.2. The van der Waals surface area contributed by atoms with Gasteiger partial charge in [-0.15, -0.1) is 11.3 Å². The van der Waals surface area contributed by atoms with Gasteiger partial charge in [-0.2, -0.15) is 5.10 Å². The zero-order chi connectivity index (χ0) is 15.2. The van der Waals surface area contributed by atoms with Crippen LogP contribution in [-0.2, 0) is 16.0 Å². The van der Waals surface area contributed by atoms with Crippen LogP contribution >= 0.6 is 34.5 Å². The van der Waals surface area contributed by atoms with Crippen LogP contribution in [0, 0.1) is 0 Å². The first-order valence-corrected chi connectivity index (χ1v) is 7.47. The Kier molecular flexibility index (Phi) is 5.55. The van der Waals surface area contributed by atoms with Gasteiger partial charge >= 0.3 is 5.97 Å². The molecule has 0 aliphatic heterocycles. The molecule has 8 heteroatoms. The summed E-state index contributed by atoms with van der Waals surface area (Å²) in [5.74, 6) is -0.330. The maximum Gasteiger partial charge on any atom is 0.311 e. The monoisotopic (exact) mass is 343 g/mol. The maximum absolute atomic E-state index is 11.1. The summed E-state index contributed by atoms with van der Waals surface area (Å²) in [6, 6.07) is 5.13. The zero-order valence-corrected chi connectivity index (χ0v) is 13.3. The number of carbonyl (C=O) groups excluding carboxylic acids is 1. The third kappa shape index (κ3) is 4.70. The predicted molar refractivity (Wildman–Crippen MR) is 85.5 cm³/mol. The molecule has 2 aromatic rings. The van der Waals surface area contributed by atoms with E-state index in [-0.39, 0.29) is 12.4 Å². The van der Waals surface area contributed by atoms with E-state index in [0.29, 0.717) is 20.9 Å². The van der Waals surface area contributed by atoms with Crippen molar-refractivity contribution in [1.82, 2.24) is 4.98 Å². The van der Waals surface area contributed by atoms with E-state index in [1.807, 2.05) is 0 Å². The second-order valence-electron chi connectivity index (χ2n) is 3.93. The van der Waals surface area contributed by atoms with Gasteiger partial charge in [-0.1, -0.05) is 29.3 Å². The molecule has 1 aromatic carbocycles. The molecular formula is C13H11Cl2N3O2S. The molecule has 0 aliphatic rings. The Labute approximate surface area is 135 Å². The van der Waals surface area contributed by atoms with E-state index in [9.17, 15) is 4.79 Å². The lowest BCUT2D eigenvalue weighted by atomic mass is 10.2. The number of benzene rings is 1. The number of hydrogen-bond donors (Lipinski definition) is 1. The van der Waals surface area contributed by atoms with Gasteiger partial charge in [0, 0.05) is 16.0 Å². The van der Waals surface area contributed by atoms with Gasteiger partial charge < -0.3 is 4.74 Å². The molecule has 0 atom stereocenters. The van der Waals surface area contributed by atoms with Crippen LogP contribution in [0.4, 0.5) is 5.13 Å². The summed E-state index contributed by atoms with van der Waals surface area (Å²) < 4.78 is 4.58. The number of nitrogens with zero attached hydrogens (tertiary/aromatic N) is 2. The van der Waals surface area contributed by atoms with Crippen LogP contribution in [0.2, 0.25) is 10.0 Å². The van der Waals surface area contributed by atoms with Crippen molar-refractivity contribution in [2.75, 3.05) is 12.5 Å². The van der Waals surface area contributed by atoms with Gasteiger partial charge in [-0.05, 0) is 12.1 Å². The van der Waals surface area contributed by atoms with Crippen molar-refractivity contribution in [1.29, 1.82) is 0 Å². The molecule has 0 fully saturated rings. The van der Waals surface area contributed by atoms with Crippen LogP contribution in [-0.4, -0.2) is 24.3 Å². The highest BCUT2D eigenvalue weighted by atomic mass is 35.5. The second kappa shape index (κ2) is 7.40. The van der Waals surface area contributed by atoms with E-state index in [4.69, 9.17) is 23.2 Å². The Hall–Kier alpha value is -1.63. The Balaban J connectivity index is 1.96. The molecule has 1 N–H and O–H groups in total. The first-order valence-electron chi connectivity index (χ1n) is 5.84. The average molecular weight is 344 g/mol. The number of thiazole rings is 1. The van der Waals surface area contributed by atoms with Gasteiger partial charge in [0.05, 0.1) is 30.5 Å². The van der Waals surface area contributed by atoms with E-state index in [2.05, 4.69) is 20.2 Å². The SMILES string of the molecule is COC(=O)Cc1csc(N/N=C\c2ccc(Cl)cc2Cl)n1. The van der Waals surface area contributed by atoms with Crippen molar-refractivity contribution in [3.63, 3.8) is 0 Å². The molecule has 5 nitrogen and oxygen atoms in total. The van der Waals surface area contributed by atoms with E-state index in [0.717, 1.165) is 5.56 Å². The molecule has 0 radical (unpaired) electrons. The molecule has 0 aliphatic carbocycles. The van der Waals surface area contributed by atoms with E-state index >= 15 is 0 Å². The van der Waals surface area contributed by atoms with Crippen molar-refractivity contribution in [2.45, 2.75) is 6.42 Å². The molecule has 0 spiro atoms. The van der Waals surface area contributed by atoms with E-state index in [1.54, 1.807) is 29.8 Å². The Morgan fingerprint density at radius 3 is 3.05 bits per heavy atom. The minimum atomic E-state index is -0.330. The summed E-state index contributed by atoms with van der Waals surface area (Å²) in [5, 5.41) is 7.47. The van der Waals surface area contributed by atoms with Crippen molar-refractivity contribution in [3.05, 3.63) is 44.9 Å². The largest absolute Gasteiger partial charge is 0.469 e. The fourth-order valence-corrected chi connectivity index (χ4v) is 2.54. The molecule has 1 aromatic heterocycles. The van der Waals surface area contributed by atoms with Crippen LogP contribution in [0.1, 0.15) is 11.3 Å². The first kappa shape index (κ1) is 15.8. The van der Waals surface area contributed by atoms with E-state index < -0.39 is 0 Å². The van der Waals surface area contributed by atoms with Crippen molar-refractivity contribution < 1.29 is 9.53 Å². The number of carbonyl (C=O) groups is 1. The number of hydrogen-bond acceptors (Lipinski definition) is 6. The molecule has 21 heavy (non-hydrogen) atoms. The lowest BCUT2D eigenvalue weighted by Crippen LogP contribution is -2.04. The standard InChI is InChI=1S/C13H11Cl2N3O2S/c1-20-12(19)5-10-7-21-13(17-10)18-16-6-8-2-3-9(14)4-11(8)15/h2-4,6-7H,5H2,1H3,(H,17,18)/b16-6-. The number of aromatic nitrogens is 1. The lowest BCUT2D eigenvalue weighted by molar-refractivity contribution is -0.139. The van der Waals surface area contributed by atoms with Gasteiger partial charge in [-0.3, -0.25) is 10.2 Å². The Morgan fingerprint density at radius 2 is 2.33 bits per heavy atom. The molecule has 2 rings (SSSR count). The van der Waals surface area contributed by atoms with Crippen LogP contribution in [0.5, 0.6) is 0 Å². The average Bonchev–Trinajstić information content (AvgIpc) is 2.88. The highest BCUT2D eigenvalue weighted by Crippen LogP contribution is 2.20. The number of halogens is 2. The predicted octanol–water partition coefficient (Wildman–Crippen LogP) is 3.61. The maximum atomic E-state index is 11.1. The first-order chi connectivity index (χ1) is 10.1. The summed E-state index contributed by atoms with van der Waals surface area (Å²) in [7, 11) is 1.34. The minimum absolute atomic E-state index is 0.140. The summed E-state index contributed by atoms with van der Waals surface area (Å²) in [4.78, 5) is 15.3. The van der Waals surface area contributed by atoms with Gasteiger partial charge in [0.1, 0.15) is 0 Å². The summed E-state index contributed by atoms with van der Waals surface area (Å²) in [6.07, 6.45) is 1.71. The van der Waals surface area contributed by atoms with Gasteiger partial charge in [0.2, 0.25) is 5.13 Å². The van der Waals surface area contributed by atoms with Gasteiger partial charge in [0.25, 0.3) is 0 Å². The van der Waals surface area contributed by atoms with Crippen LogP contribution in [0.25, 0.3) is 0 Å². The molecular weight excluding hydrogens is 333 g/mol. The topological polar surface area (TPSA) is 63.6 Å². The fraction of sp³-hybridized carbons (Fsp3) is 0.154. The number of nitrogens with one attached hydrogen (secondary N) is 1. The molecule has 1 heterocycles. The number of methoxy groups -OCH3 is 1. The second-order valence-corrected chi connectivity index (χ2v) is 5.63. The summed E-state index contributed by atoms with van der Waals surface area (Å²) in [6.45, 7) is 0. The number of hydrazone groups is 1. The summed E-state index contributed by atoms with van der Waals surface area (Å²) in [5.41, 5.74) is 4.15. The molecule has 110 valence electrons. The third-order valence-electron chi connectivity index (χ3n) is 2.43. The van der Waals surface area contributed by atoms with E-state index in [1.165, 1.54) is 18.4 Å². The number of esters is 1. The van der Waals surface area contributed by atoms with Gasteiger partial charge in [0.15, 0.2) is 0 Å². The van der Waals surface area contributed by atoms with Crippen LogP contribution in [0.15, 0.2) is 28.7 Å². The smallest absolute Gasteiger partial charge is 0.311 e. The lowest BCUT2D eigenvalue weighted by Gasteiger charge is -1.98.